The zero-order valence-corrected chi connectivity index (χ0v) is 17.6. The maximum atomic E-state index is 12.6. The highest BCUT2D eigenvalue weighted by molar-refractivity contribution is 7.90. The number of aromatic amines is 1. The summed E-state index contributed by atoms with van der Waals surface area (Å²) in [7, 11) is -3.62. The maximum Gasteiger partial charge on any atom is 0.301 e. The molecule has 2 aromatic heterocycles. The summed E-state index contributed by atoms with van der Waals surface area (Å²) < 4.78 is 34.4. The number of nitrogens with one attached hydrogen (secondary N) is 2. The molecule has 31 heavy (non-hydrogen) atoms. The zero-order chi connectivity index (χ0) is 21.4. The number of H-pyrrole nitrogens is 1. The topological polar surface area (TPSA) is 108 Å². The molecule has 2 aliphatic rings. The summed E-state index contributed by atoms with van der Waals surface area (Å²) in [5, 5.41) is 0.937. The molecule has 1 saturated heterocycles. The van der Waals surface area contributed by atoms with Crippen LogP contribution in [0.4, 0.5) is 11.5 Å². The molecule has 0 unspecified atom stereocenters. The molecule has 2 fully saturated rings. The van der Waals surface area contributed by atoms with E-state index < -0.39 is 10.2 Å². The molecular weight excluding hydrogens is 418 g/mol. The third-order valence-electron chi connectivity index (χ3n) is 5.59. The summed E-state index contributed by atoms with van der Waals surface area (Å²) in [4.78, 5) is 21.0. The van der Waals surface area contributed by atoms with Gasteiger partial charge in [0.1, 0.15) is 11.5 Å². The fourth-order valence-corrected chi connectivity index (χ4v) is 4.99. The van der Waals surface area contributed by atoms with Crippen molar-refractivity contribution in [3.8, 4) is 11.1 Å². The Morgan fingerprint density at radius 1 is 1.16 bits per heavy atom. The number of pyridine rings is 1. The number of benzene rings is 1. The highest BCUT2D eigenvalue weighted by Gasteiger charge is 2.30. The number of carbonyl (C=O) groups is 1. The molecule has 1 aliphatic carbocycles. The van der Waals surface area contributed by atoms with Crippen LogP contribution in [-0.2, 0) is 19.7 Å². The summed E-state index contributed by atoms with van der Waals surface area (Å²) in [5.74, 6) is 0.611. The van der Waals surface area contributed by atoms with Gasteiger partial charge < -0.3 is 9.72 Å². The first-order valence-corrected chi connectivity index (χ1v) is 11.7. The number of amides is 1. The lowest BCUT2D eigenvalue weighted by molar-refractivity contribution is -0.107. The molecule has 5 rings (SSSR count). The van der Waals surface area contributed by atoms with Crippen molar-refractivity contribution in [2.24, 2.45) is 0 Å². The van der Waals surface area contributed by atoms with E-state index in [0.717, 1.165) is 35.8 Å². The van der Waals surface area contributed by atoms with Crippen LogP contribution in [0.2, 0.25) is 0 Å². The quantitative estimate of drug-likeness (QED) is 0.547. The summed E-state index contributed by atoms with van der Waals surface area (Å²) in [6.07, 6.45) is 4.62. The van der Waals surface area contributed by atoms with E-state index in [2.05, 4.69) is 14.7 Å². The van der Waals surface area contributed by atoms with Gasteiger partial charge in [0.25, 0.3) is 0 Å². The van der Waals surface area contributed by atoms with Crippen LogP contribution < -0.4 is 9.62 Å². The first-order chi connectivity index (χ1) is 15.0. The lowest BCUT2D eigenvalue weighted by Crippen LogP contribution is -2.43. The number of rotatable bonds is 7. The molecule has 9 nitrogen and oxygen atoms in total. The van der Waals surface area contributed by atoms with Crippen LogP contribution in [0.5, 0.6) is 0 Å². The van der Waals surface area contributed by atoms with Crippen LogP contribution in [0, 0.1) is 0 Å². The molecule has 1 amide bonds. The number of hydrogen-bond donors (Lipinski definition) is 2. The van der Waals surface area contributed by atoms with Gasteiger partial charge in [-0.05, 0) is 48.2 Å². The first kappa shape index (κ1) is 20.0. The summed E-state index contributed by atoms with van der Waals surface area (Å²) >= 11 is 0. The van der Waals surface area contributed by atoms with Gasteiger partial charge in [0, 0.05) is 36.4 Å². The predicted molar refractivity (Wildman–Crippen MR) is 118 cm³/mol. The lowest BCUT2D eigenvalue weighted by Gasteiger charge is -2.26. The van der Waals surface area contributed by atoms with E-state index in [1.54, 1.807) is 17.0 Å². The van der Waals surface area contributed by atoms with Gasteiger partial charge in [-0.3, -0.25) is 14.4 Å². The molecular formula is C21H23N5O4S. The van der Waals surface area contributed by atoms with Crippen LogP contribution in [0.1, 0.15) is 12.8 Å². The van der Waals surface area contributed by atoms with Gasteiger partial charge >= 0.3 is 10.2 Å². The molecule has 10 heteroatoms. The number of morpholine rings is 1. The van der Waals surface area contributed by atoms with Gasteiger partial charge in [-0.25, -0.2) is 4.98 Å². The van der Waals surface area contributed by atoms with Gasteiger partial charge in [0.05, 0.1) is 13.2 Å². The smallest absolute Gasteiger partial charge is 0.301 e. The monoisotopic (exact) mass is 441 g/mol. The molecule has 162 valence electrons. The van der Waals surface area contributed by atoms with Gasteiger partial charge in [-0.2, -0.15) is 12.7 Å². The van der Waals surface area contributed by atoms with Crippen molar-refractivity contribution in [2.75, 3.05) is 35.9 Å². The molecule has 3 aromatic rings. The van der Waals surface area contributed by atoms with Crippen LogP contribution >= 0.6 is 0 Å². The molecule has 1 aliphatic heterocycles. The van der Waals surface area contributed by atoms with E-state index in [0.29, 0.717) is 43.5 Å². The molecule has 0 spiro atoms. The number of anilines is 2. The number of ether oxygens (including phenoxy) is 1. The highest BCUT2D eigenvalue weighted by atomic mass is 32.2. The van der Waals surface area contributed by atoms with Crippen molar-refractivity contribution in [2.45, 2.75) is 18.9 Å². The number of nitrogens with zero attached hydrogens (tertiary/aromatic N) is 3. The third kappa shape index (κ3) is 4.01. The highest BCUT2D eigenvalue weighted by Crippen LogP contribution is 2.35. The summed E-state index contributed by atoms with van der Waals surface area (Å²) in [6, 6.07) is 11.3. The van der Waals surface area contributed by atoms with Crippen molar-refractivity contribution in [3.05, 3.63) is 42.6 Å². The molecule has 2 N–H and O–H groups in total. The minimum absolute atomic E-state index is 0.210. The van der Waals surface area contributed by atoms with Gasteiger partial charge in [0.2, 0.25) is 6.41 Å². The Hall–Kier alpha value is -2.95. The Kier molecular flexibility index (Phi) is 5.12. The first-order valence-electron chi connectivity index (χ1n) is 10.2. The number of fused-ring (bicyclic) bond motifs is 1. The largest absolute Gasteiger partial charge is 0.379 e. The second kappa shape index (κ2) is 7.95. The normalized spacial score (nSPS) is 17.5. The van der Waals surface area contributed by atoms with Crippen LogP contribution in [0.3, 0.4) is 0 Å². The second-order valence-electron chi connectivity index (χ2n) is 7.71. The van der Waals surface area contributed by atoms with E-state index >= 15 is 0 Å². The van der Waals surface area contributed by atoms with E-state index in [-0.39, 0.29) is 6.04 Å². The fourth-order valence-electron chi connectivity index (χ4n) is 3.79. The molecule has 0 radical (unpaired) electrons. The molecule has 1 saturated carbocycles. The van der Waals surface area contributed by atoms with Crippen molar-refractivity contribution < 1.29 is 17.9 Å². The summed E-state index contributed by atoms with van der Waals surface area (Å²) in [5.41, 5.74) is 3.03. The molecule has 0 atom stereocenters. The van der Waals surface area contributed by atoms with E-state index in [4.69, 9.17) is 4.74 Å². The second-order valence-corrected chi connectivity index (χ2v) is 9.38. The van der Waals surface area contributed by atoms with Crippen molar-refractivity contribution in [3.63, 3.8) is 0 Å². The van der Waals surface area contributed by atoms with Gasteiger partial charge in [-0.1, -0.05) is 12.1 Å². The van der Waals surface area contributed by atoms with Gasteiger partial charge in [0.15, 0.2) is 0 Å². The minimum atomic E-state index is -3.62. The molecule has 3 heterocycles. The van der Waals surface area contributed by atoms with Crippen LogP contribution in [0.25, 0.3) is 22.2 Å². The molecule has 0 bridgehead atoms. The van der Waals surface area contributed by atoms with E-state index in [1.807, 2.05) is 30.5 Å². The Morgan fingerprint density at radius 2 is 1.90 bits per heavy atom. The van der Waals surface area contributed by atoms with Crippen molar-refractivity contribution >= 4 is 39.2 Å². The maximum absolute atomic E-state index is 12.6. The lowest BCUT2D eigenvalue weighted by atomic mass is 10.0. The third-order valence-corrected chi connectivity index (χ3v) is 7.12. The number of hydrogen-bond acceptors (Lipinski definition) is 5. The van der Waals surface area contributed by atoms with E-state index in [1.165, 1.54) is 4.31 Å². The van der Waals surface area contributed by atoms with Crippen LogP contribution in [-0.4, -0.2) is 61.4 Å². The SMILES string of the molecule is O=CN(c1cc(-c2ccc(NS(=O)(=O)N3CCOCC3)cc2)c2cc[nH]c2n1)C1CC1. The Balaban J connectivity index is 1.44. The average molecular weight is 442 g/mol. The standard InChI is InChI=1S/C21H23N5O4S/c27-14-26(17-5-6-17)20-13-19(18-7-8-22-21(18)23-20)15-1-3-16(4-2-15)24-31(28,29)25-9-11-30-12-10-25/h1-4,7-8,13-14,17,24H,5-6,9-12H2,(H,22,23). The Labute approximate surface area is 180 Å². The Morgan fingerprint density at radius 3 is 2.58 bits per heavy atom. The van der Waals surface area contributed by atoms with Gasteiger partial charge in [-0.15, -0.1) is 0 Å². The number of carbonyl (C=O) groups excluding carboxylic acids is 1. The minimum Gasteiger partial charge on any atom is -0.379 e. The summed E-state index contributed by atoms with van der Waals surface area (Å²) in [6.45, 7) is 1.48. The zero-order valence-electron chi connectivity index (χ0n) is 16.8. The van der Waals surface area contributed by atoms with Crippen LogP contribution in [0.15, 0.2) is 42.6 Å². The fraction of sp³-hybridized carbons (Fsp3) is 0.333. The average Bonchev–Trinajstić information content (AvgIpc) is 3.50. The predicted octanol–water partition coefficient (Wildman–Crippen LogP) is 2.34. The van der Waals surface area contributed by atoms with E-state index in [9.17, 15) is 13.2 Å². The Bertz CT molecular complexity index is 1200. The molecule has 1 aromatic carbocycles. The van der Waals surface area contributed by atoms with Crippen molar-refractivity contribution in [1.29, 1.82) is 0 Å². The number of aromatic nitrogens is 2. The van der Waals surface area contributed by atoms with Crippen molar-refractivity contribution in [1.82, 2.24) is 14.3 Å².